The van der Waals surface area contributed by atoms with E-state index in [1.807, 2.05) is 84.2 Å². The number of nitrogens with zero attached hydrogens (tertiary/aromatic N) is 3. The molecule has 0 radical (unpaired) electrons. The van der Waals surface area contributed by atoms with Gasteiger partial charge in [-0.3, -0.25) is 13.6 Å². The Hall–Kier alpha value is -1.39. The second-order valence-electron chi connectivity index (χ2n) is 12.4. The first-order valence-electron chi connectivity index (χ1n) is 13.0. The zero-order chi connectivity index (χ0) is 29.9. The van der Waals surface area contributed by atoms with Crippen molar-refractivity contribution in [3.05, 3.63) is 38.5 Å². The quantitative estimate of drug-likeness (QED) is 0.118. The molecule has 0 bridgehead atoms. The molecular weight excluding hydrogens is 509 g/mol. The third-order valence-electron chi connectivity index (χ3n) is 6.75. The molecule has 6 unspecified atom stereocenters. The summed E-state index contributed by atoms with van der Waals surface area (Å²) in [7, 11) is 14.1. The molecule has 0 fully saturated rings. The SMILES string of the molecule is C=COC(C)C(COP(=O)(OCC(C(C)OC=C)[N+](C)(C)C)OCC(C(C)OC=C)[N+](C)(C)C)[N+](C)(C)C. The predicted octanol–water partition coefficient (Wildman–Crippen LogP) is 4.01. The highest BCUT2D eigenvalue weighted by Gasteiger charge is 2.41. The lowest BCUT2D eigenvalue weighted by Crippen LogP contribution is -2.54. The van der Waals surface area contributed by atoms with Gasteiger partial charge in [0.25, 0.3) is 0 Å². The van der Waals surface area contributed by atoms with E-state index in [4.69, 9.17) is 27.8 Å². The number of ether oxygens (including phenoxy) is 3. The molecule has 0 aliphatic heterocycles. The molecule has 38 heavy (non-hydrogen) atoms. The van der Waals surface area contributed by atoms with Gasteiger partial charge in [0.2, 0.25) is 0 Å². The molecule has 0 aliphatic carbocycles. The van der Waals surface area contributed by atoms with Gasteiger partial charge in [0.1, 0.15) is 56.3 Å². The van der Waals surface area contributed by atoms with Gasteiger partial charge in [-0.25, -0.2) is 4.57 Å². The van der Waals surface area contributed by atoms with Crippen molar-refractivity contribution in [1.29, 1.82) is 0 Å². The summed E-state index contributed by atoms with van der Waals surface area (Å²) in [5, 5.41) is 0. The van der Waals surface area contributed by atoms with Gasteiger partial charge in [0, 0.05) is 0 Å². The molecule has 0 aromatic rings. The van der Waals surface area contributed by atoms with E-state index in [0.29, 0.717) is 13.4 Å². The zero-order valence-electron chi connectivity index (χ0n) is 26.1. The van der Waals surface area contributed by atoms with Gasteiger partial charge in [0.15, 0.2) is 0 Å². The van der Waals surface area contributed by atoms with Gasteiger partial charge < -0.3 is 27.7 Å². The Bertz CT molecular complexity index is 674. The molecule has 0 rings (SSSR count). The van der Waals surface area contributed by atoms with Crippen LogP contribution in [0.2, 0.25) is 0 Å². The summed E-state index contributed by atoms with van der Waals surface area (Å²) in [5.74, 6) is 0. The number of hydrogen-bond donors (Lipinski definition) is 0. The summed E-state index contributed by atoms with van der Waals surface area (Å²) in [6.45, 7) is 17.0. The van der Waals surface area contributed by atoms with E-state index in [1.165, 1.54) is 18.8 Å². The highest BCUT2D eigenvalue weighted by Crippen LogP contribution is 2.50. The first-order chi connectivity index (χ1) is 17.2. The molecule has 0 heterocycles. The summed E-state index contributed by atoms with van der Waals surface area (Å²) < 4.78 is 50.7. The second-order valence-corrected chi connectivity index (χ2v) is 14.1. The van der Waals surface area contributed by atoms with Crippen molar-refractivity contribution in [3.63, 3.8) is 0 Å². The Kier molecular flexibility index (Phi) is 14.8. The average molecular weight is 567 g/mol. The number of phosphoric acid groups is 1. The summed E-state index contributed by atoms with van der Waals surface area (Å²) in [6.07, 6.45) is 3.46. The van der Waals surface area contributed by atoms with Gasteiger partial charge in [-0.2, -0.15) is 0 Å². The molecule has 0 spiro atoms. The normalized spacial score (nSPS) is 19.2. The van der Waals surface area contributed by atoms with Gasteiger partial charge in [-0.05, 0) is 20.8 Å². The average Bonchev–Trinajstić information content (AvgIpc) is 2.71. The highest BCUT2D eigenvalue weighted by atomic mass is 31.2. The molecule has 10 nitrogen and oxygen atoms in total. The van der Waals surface area contributed by atoms with Crippen LogP contribution in [0.4, 0.5) is 0 Å². The molecule has 0 aromatic carbocycles. The van der Waals surface area contributed by atoms with E-state index < -0.39 is 7.82 Å². The van der Waals surface area contributed by atoms with Crippen LogP contribution in [0.25, 0.3) is 0 Å². The molecule has 0 saturated heterocycles. The zero-order valence-corrected chi connectivity index (χ0v) is 27.0. The molecule has 6 atom stereocenters. The van der Waals surface area contributed by atoms with Crippen LogP contribution in [0.15, 0.2) is 38.5 Å². The van der Waals surface area contributed by atoms with E-state index in [-0.39, 0.29) is 56.3 Å². The van der Waals surface area contributed by atoms with Crippen molar-refractivity contribution in [3.8, 4) is 0 Å². The van der Waals surface area contributed by atoms with Gasteiger partial charge >= 0.3 is 7.82 Å². The molecule has 0 N–H and O–H groups in total. The largest absolute Gasteiger partial charge is 0.493 e. The fourth-order valence-electron chi connectivity index (χ4n) is 4.31. The van der Waals surface area contributed by atoms with Crippen molar-refractivity contribution in [2.24, 2.45) is 0 Å². The molecule has 11 heteroatoms. The standard InChI is InChI=1S/C27H57N3O7P/c1-16-32-22(4)25(28(7,8)9)19-35-38(31,36-20-26(29(10,11)12)23(5)33-17-2)37-21-27(30(13,14)15)24(6)34-18-3/h16-18,22-27H,1-3,19-21H2,4-15H3/q+3. The number of quaternary nitrogens is 3. The summed E-state index contributed by atoms with van der Waals surface area (Å²) >= 11 is 0. The van der Waals surface area contributed by atoms with E-state index in [0.717, 1.165) is 0 Å². The molecule has 224 valence electrons. The monoisotopic (exact) mass is 566 g/mol. The highest BCUT2D eigenvalue weighted by molar-refractivity contribution is 7.48. The van der Waals surface area contributed by atoms with Crippen LogP contribution in [0.3, 0.4) is 0 Å². The third-order valence-corrected chi connectivity index (χ3v) is 8.15. The van der Waals surface area contributed by atoms with Crippen LogP contribution in [0.1, 0.15) is 20.8 Å². The second kappa shape index (κ2) is 15.4. The van der Waals surface area contributed by atoms with Gasteiger partial charge in [0.05, 0.1) is 82.2 Å². The van der Waals surface area contributed by atoms with E-state index in [1.54, 1.807) is 0 Å². The maximum Gasteiger partial charge on any atom is 0.475 e. The number of phosphoric ester groups is 1. The first kappa shape index (κ1) is 36.6. The van der Waals surface area contributed by atoms with Crippen LogP contribution in [-0.2, 0) is 32.3 Å². The Labute approximate surface area is 232 Å². The van der Waals surface area contributed by atoms with Crippen molar-refractivity contribution in [2.75, 3.05) is 83.2 Å². The smallest absolute Gasteiger partial charge is 0.475 e. The minimum atomic E-state index is -4.04. The first-order valence-corrected chi connectivity index (χ1v) is 14.5. The molecular formula is C27H57N3O7P+3. The molecule has 0 aromatic heterocycles. The summed E-state index contributed by atoms with van der Waals surface area (Å²) in [6, 6.07) is -0.533. The van der Waals surface area contributed by atoms with Crippen molar-refractivity contribution in [2.45, 2.75) is 57.2 Å². The lowest BCUT2D eigenvalue weighted by Gasteiger charge is -2.39. The van der Waals surface area contributed by atoms with Gasteiger partial charge in [-0.15, -0.1) is 0 Å². The number of hydrogen-bond acceptors (Lipinski definition) is 7. The topological polar surface area (TPSA) is 72.5 Å². The van der Waals surface area contributed by atoms with E-state index >= 15 is 0 Å². The van der Waals surface area contributed by atoms with Crippen molar-refractivity contribution in [1.82, 2.24) is 0 Å². The van der Waals surface area contributed by atoms with Crippen molar-refractivity contribution >= 4 is 7.82 Å². The van der Waals surface area contributed by atoms with Crippen LogP contribution in [-0.4, -0.2) is 133 Å². The Morgan fingerprint density at radius 2 is 0.763 bits per heavy atom. The fourth-order valence-corrected chi connectivity index (χ4v) is 5.54. The minimum Gasteiger partial charge on any atom is -0.493 e. The van der Waals surface area contributed by atoms with Crippen LogP contribution in [0, 0.1) is 0 Å². The fraction of sp³-hybridized carbons (Fsp3) is 0.778. The molecule has 0 saturated carbocycles. The Morgan fingerprint density at radius 1 is 0.553 bits per heavy atom. The maximum absolute atomic E-state index is 14.2. The summed E-state index contributed by atoms with van der Waals surface area (Å²) in [5.41, 5.74) is 0. The minimum absolute atomic E-state index is 0.0806. The van der Waals surface area contributed by atoms with E-state index in [9.17, 15) is 4.57 Å². The van der Waals surface area contributed by atoms with Crippen molar-refractivity contribution < 1.29 is 45.8 Å². The summed E-state index contributed by atoms with van der Waals surface area (Å²) in [4.78, 5) is 0. The van der Waals surface area contributed by atoms with Gasteiger partial charge in [-0.1, -0.05) is 19.7 Å². The lowest BCUT2D eigenvalue weighted by atomic mass is 10.1. The predicted molar refractivity (Wildman–Crippen MR) is 153 cm³/mol. The number of rotatable bonds is 21. The number of likely N-dealkylation sites (N-methyl/N-ethyl adjacent to an activating group) is 3. The van der Waals surface area contributed by atoms with Crippen LogP contribution in [0.5, 0.6) is 0 Å². The maximum atomic E-state index is 14.2. The van der Waals surface area contributed by atoms with E-state index in [2.05, 4.69) is 19.7 Å². The Morgan fingerprint density at radius 3 is 0.921 bits per heavy atom. The van der Waals surface area contributed by atoms with Crippen LogP contribution >= 0.6 is 7.82 Å². The van der Waals surface area contributed by atoms with Crippen LogP contribution < -0.4 is 0 Å². The molecule has 0 amide bonds. The third kappa shape index (κ3) is 12.6. The molecule has 0 aliphatic rings. The Balaban J connectivity index is 6.12. The lowest BCUT2D eigenvalue weighted by molar-refractivity contribution is -0.900.